The molecule has 2 heterocycles. The third kappa shape index (κ3) is 4.41. The molecule has 5 nitrogen and oxygen atoms in total. The summed E-state index contributed by atoms with van der Waals surface area (Å²) in [5.41, 5.74) is 2.70. The molecular weight excluding hydrogens is 300 g/mol. The summed E-state index contributed by atoms with van der Waals surface area (Å²) in [5.74, 6) is 2.71. The first-order valence-corrected chi connectivity index (χ1v) is 9.20. The SMILES string of the molecule is CCN1CCC(CNC(=NC)NCCc2ccc3c(c2)CCO3)C1. The van der Waals surface area contributed by atoms with E-state index in [1.807, 2.05) is 7.05 Å². The molecule has 5 heteroatoms. The Kier molecular flexibility index (Phi) is 5.96. The molecule has 0 saturated carbocycles. The predicted molar refractivity (Wildman–Crippen MR) is 98.9 cm³/mol. The molecule has 1 unspecified atom stereocenters. The third-order valence-corrected chi connectivity index (χ3v) is 5.06. The lowest BCUT2D eigenvalue weighted by Crippen LogP contribution is -2.41. The maximum absolute atomic E-state index is 5.56. The number of benzene rings is 1. The van der Waals surface area contributed by atoms with E-state index in [0.29, 0.717) is 0 Å². The lowest BCUT2D eigenvalue weighted by Gasteiger charge is -2.16. The molecule has 2 aliphatic rings. The summed E-state index contributed by atoms with van der Waals surface area (Å²) in [6.07, 6.45) is 3.33. The van der Waals surface area contributed by atoms with Crippen molar-refractivity contribution in [3.63, 3.8) is 0 Å². The van der Waals surface area contributed by atoms with Crippen LogP contribution >= 0.6 is 0 Å². The number of hydrogen-bond acceptors (Lipinski definition) is 3. The summed E-state index contributed by atoms with van der Waals surface area (Å²) in [4.78, 5) is 6.85. The minimum Gasteiger partial charge on any atom is -0.493 e. The van der Waals surface area contributed by atoms with Crippen molar-refractivity contribution in [3.8, 4) is 5.75 Å². The van der Waals surface area contributed by atoms with Crippen LogP contribution in [0, 0.1) is 5.92 Å². The topological polar surface area (TPSA) is 48.9 Å². The zero-order valence-corrected chi connectivity index (χ0v) is 15.0. The van der Waals surface area contributed by atoms with Crippen LogP contribution in [-0.4, -0.2) is 57.2 Å². The van der Waals surface area contributed by atoms with Gasteiger partial charge in [-0.05, 0) is 49.0 Å². The number of aliphatic imine (C=N–C) groups is 1. The van der Waals surface area contributed by atoms with Gasteiger partial charge in [-0.2, -0.15) is 0 Å². The van der Waals surface area contributed by atoms with Gasteiger partial charge in [0.2, 0.25) is 0 Å². The number of hydrogen-bond donors (Lipinski definition) is 2. The van der Waals surface area contributed by atoms with Crippen LogP contribution < -0.4 is 15.4 Å². The molecule has 1 atom stereocenters. The highest BCUT2D eigenvalue weighted by Crippen LogP contribution is 2.25. The lowest BCUT2D eigenvalue weighted by atomic mass is 10.1. The average molecular weight is 330 g/mol. The van der Waals surface area contributed by atoms with Crippen molar-refractivity contribution in [2.24, 2.45) is 10.9 Å². The Morgan fingerprint density at radius 1 is 1.38 bits per heavy atom. The summed E-state index contributed by atoms with van der Waals surface area (Å²) in [7, 11) is 1.84. The molecular formula is C19H30N4O. The third-order valence-electron chi connectivity index (χ3n) is 5.06. The molecule has 24 heavy (non-hydrogen) atoms. The molecule has 0 bridgehead atoms. The lowest BCUT2D eigenvalue weighted by molar-refractivity contribution is 0.342. The Balaban J connectivity index is 1.38. The molecule has 1 aromatic carbocycles. The van der Waals surface area contributed by atoms with Gasteiger partial charge in [0, 0.05) is 33.1 Å². The van der Waals surface area contributed by atoms with E-state index in [2.05, 4.69) is 45.6 Å². The smallest absolute Gasteiger partial charge is 0.190 e. The van der Waals surface area contributed by atoms with Crippen LogP contribution in [0.2, 0.25) is 0 Å². The van der Waals surface area contributed by atoms with Crippen molar-refractivity contribution in [2.75, 3.05) is 46.4 Å². The number of nitrogens with zero attached hydrogens (tertiary/aromatic N) is 2. The maximum Gasteiger partial charge on any atom is 0.190 e. The quantitative estimate of drug-likeness (QED) is 0.615. The van der Waals surface area contributed by atoms with Gasteiger partial charge in [-0.3, -0.25) is 4.99 Å². The molecule has 1 aromatic rings. The molecule has 132 valence electrons. The normalized spacial score (nSPS) is 20.8. The molecule has 2 N–H and O–H groups in total. The number of nitrogens with one attached hydrogen (secondary N) is 2. The first-order chi connectivity index (χ1) is 11.8. The Labute approximate surface area is 145 Å². The van der Waals surface area contributed by atoms with E-state index in [4.69, 9.17) is 4.74 Å². The fourth-order valence-electron chi connectivity index (χ4n) is 3.55. The van der Waals surface area contributed by atoms with E-state index >= 15 is 0 Å². The van der Waals surface area contributed by atoms with Gasteiger partial charge in [0.1, 0.15) is 5.75 Å². The number of rotatable bonds is 6. The van der Waals surface area contributed by atoms with Crippen molar-refractivity contribution in [1.82, 2.24) is 15.5 Å². The maximum atomic E-state index is 5.56. The molecule has 1 saturated heterocycles. The van der Waals surface area contributed by atoms with Crippen LogP contribution in [0.4, 0.5) is 0 Å². The summed E-state index contributed by atoms with van der Waals surface area (Å²) < 4.78 is 5.56. The van der Waals surface area contributed by atoms with E-state index in [-0.39, 0.29) is 0 Å². The van der Waals surface area contributed by atoms with Crippen LogP contribution in [0.1, 0.15) is 24.5 Å². The standard InChI is InChI=1S/C19H30N4O/c1-3-23-10-7-16(14-23)13-22-19(20-2)21-9-6-15-4-5-18-17(12-15)8-11-24-18/h4-5,12,16H,3,6-11,13-14H2,1-2H3,(H2,20,21,22). The van der Waals surface area contributed by atoms with Gasteiger partial charge < -0.3 is 20.3 Å². The van der Waals surface area contributed by atoms with Crippen LogP contribution in [0.5, 0.6) is 5.75 Å². The highest BCUT2D eigenvalue weighted by Gasteiger charge is 2.20. The number of ether oxygens (including phenoxy) is 1. The number of guanidine groups is 1. The summed E-state index contributed by atoms with van der Waals surface area (Å²) >= 11 is 0. The van der Waals surface area contributed by atoms with Gasteiger partial charge in [-0.1, -0.05) is 19.1 Å². The first-order valence-electron chi connectivity index (χ1n) is 9.20. The second kappa shape index (κ2) is 8.38. The first kappa shape index (κ1) is 17.1. The van der Waals surface area contributed by atoms with Gasteiger partial charge in [0.05, 0.1) is 6.61 Å². The van der Waals surface area contributed by atoms with E-state index in [0.717, 1.165) is 56.7 Å². The van der Waals surface area contributed by atoms with Crippen molar-refractivity contribution >= 4 is 5.96 Å². The van der Waals surface area contributed by atoms with E-state index in [1.54, 1.807) is 0 Å². The Bertz CT molecular complexity index is 572. The largest absolute Gasteiger partial charge is 0.493 e. The van der Waals surface area contributed by atoms with E-state index in [1.165, 1.54) is 30.6 Å². The molecule has 1 fully saturated rings. The molecule has 0 radical (unpaired) electrons. The van der Waals surface area contributed by atoms with Crippen molar-refractivity contribution < 1.29 is 4.74 Å². The molecule has 0 spiro atoms. The molecule has 0 aliphatic carbocycles. The summed E-state index contributed by atoms with van der Waals surface area (Å²) in [6, 6.07) is 6.54. The molecule has 2 aliphatic heterocycles. The minimum atomic E-state index is 0.736. The Morgan fingerprint density at radius 3 is 3.08 bits per heavy atom. The zero-order valence-electron chi connectivity index (χ0n) is 15.0. The summed E-state index contributed by atoms with van der Waals surface area (Å²) in [5, 5.41) is 6.90. The Morgan fingerprint density at radius 2 is 2.29 bits per heavy atom. The highest BCUT2D eigenvalue weighted by molar-refractivity contribution is 5.79. The molecule has 0 amide bonds. The van der Waals surface area contributed by atoms with E-state index < -0.39 is 0 Å². The average Bonchev–Trinajstić information content (AvgIpc) is 3.26. The fraction of sp³-hybridized carbons (Fsp3) is 0.632. The summed E-state index contributed by atoms with van der Waals surface area (Å²) in [6.45, 7) is 8.56. The van der Waals surface area contributed by atoms with Crippen LogP contribution in [0.15, 0.2) is 23.2 Å². The number of likely N-dealkylation sites (tertiary alicyclic amines) is 1. The highest BCUT2D eigenvalue weighted by atomic mass is 16.5. The fourth-order valence-corrected chi connectivity index (χ4v) is 3.55. The van der Waals surface area contributed by atoms with Gasteiger partial charge in [0.25, 0.3) is 0 Å². The monoisotopic (exact) mass is 330 g/mol. The number of fused-ring (bicyclic) bond motifs is 1. The van der Waals surface area contributed by atoms with Crippen LogP contribution in [-0.2, 0) is 12.8 Å². The Hall–Kier alpha value is -1.75. The molecule has 0 aromatic heterocycles. The van der Waals surface area contributed by atoms with Crippen molar-refractivity contribution in [1.29, 1.82) is 0 Å². The second-order valence-electron chi connectivity index (χ2n) is 6.72. The van der Waals surface area contributed by atoms with Gasteiger partial charge >= 0.3 is 0 Å². The van der Waals surface area contributed by atoms with Gasteiger partial charge in [0.15, 0.2) is 5.96 Å². The predicted octanol–water partition coefficient (Wildman–Crippen LogP) is 1.67. The second-order valence-corrected chi connectivity index (χ2v) is 6.72. The van der Waals surface area contributed by atoms with Gasteiger partial charge in [-0.25, -0.2) is 0 Å². The van der Waals surface area contributed by atoms with Crippen molar-refractivity contribution in [3.05, 3.63) is 29.3 Å². The van der Waals surface area contributed by atoms with E-state index in [9.17, 15) is 0 Å². The zero-order chi connectivity index (χ0) is 16.8. The van der Waals surface area contributed by atoms with Crippen LogP contribution in [0.25, 0.3) is 0 Å². The minimum absolute atomic E-state index is 0.736. The van der Waals surface area contributed by atoms with Gasteiger partial charge in [-0.15, -0.1) is 0 Å². The van der Waals surface area contributed by atoms with Crippen molar-refractivity contribution in [2.45, 2.75) is 26.2 Å². The molecule has 3 rings (SSSR count). The van der Waals surface area contributed by atoms with Crippen LogP contribution in [0.3, 0.4) is 0 Å².